The van der Waals surface area contributed by atoms with Crippen LogP contribution in [-0.2, 0) is 18.3 Å². The molecule has 2 fully saturated rings. The van der Waals surface area contributed by atoms with Gasteiger partial charge in [-0.25, -0.2) is 19.3 Å². The van der Waals surface area contributed by atoms with Gasteiger partial charge < -0.3 is 14.2 Å². The van der Waals surface area contributed by atoms with E-state index in [4.69, 9.17) is 4.74 Å². The van der Waals surface area contributed by atoms with Crippen LogP contribution in [0.1, 0.15) is 18.7 Å². The van der Waals surface area contributed by atoms with Crippen LogP contribution in [0.4, 0.5) is 10.3 Å². The highest BCUT2D eigenvalue weighted by atomic mass is 19.1. The minimum Gasteiger partial charge on any atom is -0.370 e. The molecule has 2 aromatic rings. The van der Waals surface area contributed by atoms with E-state index in [1.165, 1.54) is 12.4 Å². The zero-order valence-corrected chi connectivity index (χ0v) is 14.4. The summed E-state index contributed by atoms with van der Waals surface area (Å²) in [6.45, 7) is 4.90. The number of imidazole rings is 1. The predicted molar refractivity (Wildman–Crippen MR) is 90.6 cm³/mol. The molecule has 0 aromatic carbocycles. The van der Waals surface area contributed by atoms with Gasteiger partial charge in [0.25, 0.3) is 0 Å². The highest BCUT2D eigenvalue weighted by Crippen LogP contribution is 2.30. The van der Waals surface area contributed by atoms with Crippen molar-refractivity contribution in [1.82, 2.24) is 24.4 Å². The quantitative estimate of drug-likeness (QED) is 0.833. The summed E-state index contributed by atoms with van der Waals surface area (Å²) >= 11 is 0. The van der Waals surface area contributed by atoms with Crippen LogP contribution in [0.15, 0.2) is 24.8 Å². The molecule has 7 nitrogen and oxygen atoms in total. The zero-order valence-electron chi connectivity index (χ0n) is 14.4. The predicted octanol–water partition coefficient (Wildman–Crippen LogP) is 1.22. The summed E-state index contributed by atoms with van der Waals surface area (Å²) in [6, 6.07) is 0. The van der Waals surface area contributed by atoms with E-state index >= 15 is 0 Å². The first-order valence-electron chi connectivity index (χ1n) is 8.69. The Balaban J connectivity index is 1.46. The van der Waals surface area contributed by atoms with Crippen molar-refractivity contribution in [1.29, 1.82) is 0 Å². The van der Waals surface area contributed by atoms with Crippen molar-refractivity contribution in [3.8, 4) is 0 Å². The molecule has 2 aromatic heterocycles. The summed E-state index contributed by atoms with van der Waals surface area (Å²) in [7, 11) is 2.02. The van der Waals surface area contributed by atoms with E-state index in [0.29, 0.717) is 12.6 Å². The monoisotopic (exact) mass is 346 g/mol. The smallest absolute Gasteiger partial charge is 0.225 e. The standard InChI is InChI=1S/C17H23FN6O/c1-22-6-4-19-15(22)11-23-7-8-25-17(12-23)3-2-5-24(13-17)16-20-9-14(18)10-21-16/h4,6,9-10H,2-3,5,7-8,11-13H2,1H3/t17-/m0/s1. The van der Waals surface area contributed by atoms with E-state index in [9.17, 15) is 4.39 Å². The number of rotatable bonds is 3. The molecule has 0 N–H and O–H groups in total. The third-order valence-corrected chi connectivity index (χ3v) is 5.04. The van der Waals surface area contributed by atoms with Gasteiger partial charge in [-0.15, -0.1) is 0 Å². The van der Waals surface area contributed by atoms with Crippen molar-refractivity contribution < 1.29 is 9.13 Å². The van der Waals surface area contributed by atoms with Crippen LogP contribution in [0, 0.1) is 5.82 Å². The number of hydrogen-bond acceptors (Lipinski definition) is 6. The molecular formula is C17H23FN6O. The first-order valence-corrected chi connectivity index (χ1v) is 8.69. The third-order valence-electron chi connectivity index (χ3n) is 5.04. The van der Waals surface area contributed by atoms with Gasteiger partial charge in [-0.3, -0.25) is 4.90 Å². The molecule has 0 unspecified atom stereocenters. The lowest BCUT2D eigenvalue weighted by molar-refractivity contribution is -0.117. The van der Waals surface area contributed by atoms with Gasteiger partial charge in [0, 0.05) is 39.1 Å². The Labute approximate surface area is 146 Å². The molecule has 2 aliphatic heterocycles. The summed E-state index contributed by atoms with van der Waals surface area (Å²) in [6.07, 6.45) is 8.27. The maximum Gasteiger partial charge on any atom is 0.225 e. The van der Waals surface area contributed by atoms with E-state index < -0.39 is 5.82 Å². The van der Waals surface area contributed by atoms with Crippen LogP contribution < -0.4 is 4.90 Å². The van der Waals surface area contributed by atoms with Crippen LogP contribution in [0.3, 0.4) is 0 Å². The summed E-state index contributed by atoms with van der Waals surface area (Å²) in [5, 5.41) is 0. The Kier molecular flexibility index (Phi) is 4.39. The molecular weight excluding hydrogens is 323 g/mol. The summed E-state index contributed by atoms with van der Waals surface area (Å²) in [4.78, 5) is 17.2. The van der Waals surface area contributed by atoms with Gasteiger partial charge in [0.05, 0.1) is 37.7 Å². The molecule has 8 heteroatoms. The molecule has 25 heavy (non-hydrogen) atoms. The normalized spacial score (nSPS) is 24.8. The fourth-order valence-electron chi connectivity index (χ4n) is 3.79. The second-order valence-electron chi connectivity index (χ2n) is 6.92. The van der Waals surface area contributed by atoms with Crippen LogP contribution in [0.5, 0.6) is 0 Å². The maximum atomic E-state index is 13.1. The van der Waals surface area contributed by atoms with Gasteiger partial charge in [-0.1, -0.05) is 0 Å². The Morgan fingerprint density at radius 1 is 1.20 bits per heavy atom. The van der Waals surface area contributed by atoms with Crippen LogP contribution in [0.25, 0.3) is 0 Å². The highest BCUT2D eigenvalue weighted by Gasteiger charge is 2.41. The van der Waals surface area contributed by atoms with Crippen molar-refractivity contribution in [2.75, 3.05) is 37.7 Å². The van der Waals surface area contributed by atoms with E-state index in [1.807, 2.05) is 19.4 Å². The van der Waals surface area contributed by atoms with Gasteiger partial charge in [0.2, 0.25) is 5.95 Å². The third kappa shape index (κ3) is 3.50. The molecule has 2 aliphatic rings. The van der Waals surface area contributed by atoms with Crippen LogP contribution in [0.2, 0.25) is 0 Å². The number of anilines is 1. The molecule has 0 saturated carbocycles. The van der Waals surface area contributed by atoms with E-state index in [-0.39, 0.29) is 5.60 Å². The molecule has 4 rings (SSSR count). The number of piperidine rings is 1. The zero-order chi connectivity index (χ0) is 17.3. The molecule has 2 saturated heterocycles. The SMILES string of the molecule is Cn1ccnc1CN1CCO[C@@]2(CCCN(c3ncc(F)cn3)C2)C1. The molecule has 0 aliphatic carbocycles. The number of aryl methyl sites for hydroxylation is 1. The van der Waals surface area contributed by atoms with E-state index in [1.54, 1.807) is 0 Å². The molecule has 1 spiro atoms. The number of ether oxygens (including phenoxy) is 1. The summed E-state index contributed by atoms with van der Waals surface area (Å²) in [5.74, 6) is 1.22. The molecule has 0 amide bonds. The van der Waals surface area contributed by atoms with Gasteiger partial charge in [-0.2, -0.15) is 0 Å². The van der Waals surface area contributed by atoms with Crippen molar-refractivity contribution in [3.05, 3.63) is 36.4 Å². The molecule has 134 valence electrons. The average molecular weight is 346 g/mol. The molecule has 4 heterocycles. The Hall–Kier alpha value is -2.06. The van der Waals surface area contributed by atoms with Crippen molar-refractivity contribution in [2.45, 2.75) is 25.0 Å². The summed E-state index contributed by atoms with van der Waals surface area (Å²) in [5.41, 5.74) is -0.223. The van der Waals surface area contributed by atoms with Gasteiger partial charge in [0.15, 0.2) is 5.82 Å². The van der Waals surface area contributed by atoms with Gasteiger partial charge >= 0.3 is 0 Å². The molecule has 1 atom stereocenters. The molecule has 0 bridgehead atoms. The van der Waals surface area contributed by atoms with Crippen molar-refractivity contribution >= 4 is 5.95 Å². The number of nitrogens with zero attached hydrogens (tertiary/aromatic N) is 6. The number of hydrogen-bond donors (Lipinski definition) is 0. The first kappa shape index (κ1) is 16.4. The lowest BCUT2D eigenvalue weighted by Crippen LogP contribution is -2.60. The van der Waals surface area contributed by atoms with Crippen LogP contribution >= 0.6 is 0 Å². The van der Waals surface area contributed by atoms with Crippen molar-refractivity contribution in [2.24, 2.45) is 7.05 Å². The first-order chi connectivity index (χ1) is 12.1. The average Bonchev–Trinajstić information content (AvgIpc) is 3.00. The minimum atomic E-state index is -0.411. The lowest BCUT2D eigenvalue weighted by atomic mass is 9.91. The second kappa shape index (κ2) is 6.68. The van der Waals surface area contributed by atoms with Crippen molar-refractivity contribution in [3.63, 3.8) is 0 Å². The Morgan fingerprint density at radius 3 is 2.80 bits per heavy atom. The Bertz CT molecular complexity index is 716. The topological polar surface area (TPSA) is 59.3 Å². The van der Waals surface area contributed by atoms with Gasteiger partial charge in [0.1, 0.15) is 5.82 Å². The number of halogens is 1. The van der Waals surface area contributed by atoms with Gasteiger partial charge in [-0.05, 0) is 12.8 Å². The molecule has 0 radical (unpaired) electrons. The summed E-state index contributed by atoms with van der Waals surface area (Å²) < 4.78 is 21.4. The lowest BCUT2D eigenvalue weighted by Gasteiger charge is -2.48. The number of aromatic nitrogens is 4. The van der Waals surface area contributed by atoms with E-state index in [2.05, 4.69) is 29.3 Å². The maximum absolute atomic E-state index is 13.1. The highest BCUT2D eigenvalue weighted by molar-refractivity contribution is 5.31. The fourth-order valence-corrected chi connectivity index (χ4v) is 3.79. The fraction of sp³-hybridized carbons (Fsp3) is 0.588. The largest absolute Gasteiger partial charge is 0.370 e. The second-order valence-corrected chi connectivity index (χ2v) is 6.92. The Morgan fingerprint density at radius 2 is 2.04 bits per heavy atom. The van der Waals surface area contributed by atoms with Crippen LogP contribution in [-0.4, -0.2) is 62.8 Å². The van der Waals surface area contributed by atoms with E-state index in [0.717, 1.165) is 51.4 Å². The number of morpholine rings is 1. The minimum absolute atomic E-state index is 0.223.